The summed E-state index contributed by atoms with van der Waals surface area (Å²) in [5, 5.41) is 3.13. The number of benzene rings is 2. The monoisotopic (exact) mass is 377 g/mol. The van der Waals surface area contributed by atoms with E-state index >= 15 is 0 Å². The lowest BCUT2D eigenvalue weighted by Crippen LogP contribution is -2.47. The van der Waals surface area contributed by atoms with Crippen LogP contribution >= 0.6 is 0 Å². The Morgan fingerprint density at radius 3 is 2.36 bits per heavy atom. The highest BCUT2D eigenvalue weighted by Crippen LogP contribution is 2.25. The molecule has 1 aliphatic rings. The van der Waals surface area contributed by atoms with Crippen molar-refractivity contribution in [1.82, 2.24) is 9.97 Å². The minimum Gasteiger partial charge on any atom is -0.368 e. The molecule has 28 heavy (non-hydrogen) atoms. The number of aryl methyl sites for hydroxylation is 1. The molecule has 144 valence electrons. The van der Waals surface area contributed by atoms with Gasteiger partial charge in [0, 0.05) is 43.8 Å². The van der Waals surface area contributed by atoms with E-state index in [9.17, 15) is 4.39 Å². The van der Waals surface area contributed by atoms with Crippen LogP contribution in [0.1, 0.15) is 11.1 Å². The van der Waals surface area contributed by atoms with E-state index in [0.717, 1.165) is 37.7 Å². The molecule has 1 N–H and O–H groups in total. The quantitative estimate of drug-likeness (QED) is 0.734. The molecule has 0 amide bonds. The minimum absolute atomic E-state index is 0.262. The molecule has 1 fully saturated rings. The largest absolute Gasteiger partial charge is 0.368 e. The van der Waals surface area contributed by atoms with Crippen LogP contribution in [0.25, 0.3) is 0 Å². The topological polar surface area (TPSA) is 44.3 Å². The summed E-state index contributed by atoms with van der Waals surface area (Å²) in [6, 6.07) is 14.6. The van der Waals surface area contributed by atoms with E-state index in [0.29, 0.717) is 5.95 Å². The first-order chi connectivity index (χ1) is 13.6. The smallest absolute Gasteiger partial charge is 0.229 e. The summed E-state index contributed by atoms with van der Waals surface area (Å²) >= 11 is 0. The molecule has 3 aromatic rings. The van der Waals surface area contributed by atoms with E-state index in [2.05, 4.69) is 57.1 Å². The Kier molecular flexibility index (Phi) is 5.10. The third kappa shape index (κ3) is 3.91. The lowest BCUT2D eigenvalue weighted by atomic mass is 10.1. The van der Waals surface area contributed by atoms with Crippen molar-refractivity contribution in [2.24, 2.45) is 0 Å². The van der Waals surface area contributed by atoms with Gasteiger partial charge >= 0.3 is 0 Å². The Balaban J connectivity index is 1.43. The van der Waals surface area contributed by atoms with Crippen LogP contribution in [0.2, 0.25) is 0 Å². The first-order valence-corrected chi connectivity index (χ1v) is 9.52. The second-order valence-corrected chi connectivity index (χ2v) is 7.06. The first kappa shape index (κ1) is 18.2. The van der Waals surface area contributed by atoms with Crippen molar-refractivity contribution < 1.29 is 4.39 Å². The van der Waals surface area contributed by atoms with Crippen molar-refractivity contribution >= 4 is 23.1 Å². The molecule has 1 aromatic heterocycles. The Bertz CT molecular complexity index is 949. The molecule has 4 rings (SSSR count). The summed E-state index contributed by atoms with van der Waals surface area (Å²) in [7, 11) is 0. The van der Waals surface area contributed by atoms with Crippen LogP contribution in [0.15, 0.2) is 54.7 Å². The van der Waals surface area contributed by atoms with Gasteiger partial charge in [-0.15, -0.1) is 0 Å². The Labute approximate surface area is 164 Å². The zero-order valence-corrected chi connectivity index (χ0v) is 16.2. The van der Waals surface area contributed by atoms with Gasteiger partial charge in [-0.3, -0.25) is 0 Å². The summed E-state index contributed by atoms with van der Waals surface area (Å²) in [5.41, 5.74) is 4.76. The number of hydrogen-bond acceptors (Lipinski definition) is 5. The summed E-state index contributed by atoms with van der Waals surface area (Å²) in [4.78, 5) is 13.6. The highest BCUT2D eigenvalue weighted by molar-refractivity contribution is 5.58. The average molecular weight is 377 g/mol. The maximum absolute atomic E-state index is 13.1. The summed E-state index contributed by atoms with van der Waals surface area (Å²) < 4.78 is 13.1. The second kappa shape index (κ2) is 7.84. The first-order valence-electron chi connectivity index (χ1n) is 9.52. The molecule has 0 radical (unpaired) electrons. The maximum Gasteiger partial charge on any atom is 0.229 e. The highest BCUT2D eigenvalue weighted by Gasteiger charge is 2.20. The molecule has 0 atom stereocenters. The third-order valence-corrected chi connectivity index (χ3v) is 5.26. The van der Waals surface area contributed by atoms with Crippen molar-refractivity contribution in [2.45, 2.75) is 13.8 Å². The van der Waals surface area contributed by atoms with Gasteiger partial charge in [-0.1, -0.05) is 12.1 Å². The van der Waals surface area contributed by atoms with Crippen LogP contribution in [0.3, 0.4) is 0 Å². The molecule has 2 heterocycles. The van der Waals surface area contributed by atoms with E-state index in [1.165, 1.54) is 28.9 Å². The van der Waals surface area contributed by atoms with E-state index in [4.69, 9.17) is 0 Å². The van der Waals surface area contributed by atoms with E-state index < -0.39 is 0 Å². The highest BCUT2D eigenvalue weighted by atomic mass is 19.1. The van der Waals surface area contributed by atoms with Crippen LogP contribution in [-0.4, -0.2) is 36.1 Å². The van der Waals surface area contributed by atoms with E-state index in [-0.39, 0.29) is 5.82 Å². The summed E-state index contributed by atoms with van der Waals surface area (Å²) in [6.07, 6.45) is 1.76. The number of anilines is 4. The molecular weight excluding hydrogens is 353 g/mol. The van der Waals surface area contributed by atoms with Gasteiger partial charge in [0.15, 0.2) is 0 Å². The molecular formula is C22H24FN5. The van der Waals surface area contributed by atoms with Crippen LogP contribution in [0.4, 0.5) is 27.5 Å². The predicted molar refractivity (Wildman–Crippen MR) is 112 cm³/mol. The molecule has 1 aliphatic heterocycles. The molecule has 5 nitrogen and oxygen atoms in total. The number of nitrogens with one attached hydrogen (secondary N) is 1. The maximum atomic E-state index is 13.1. The fraction of sp³-hybridized carbons (Fsp3) is 0.273. The van der Waals surface area contributed by atoms with Crippen molar-refractivity contribution in [3.63, 3.8) is 0 Å². The van der Waals surface area contributed by atoms with Crippen molar-refractivity contribution in [3.05, 3.63) is 71.7 Å². The molecule has 0 spiro atoms. The number of piperazine rings is 1. The number of hydrogen-bond donors (Lipinski definition) is 1. The van der Waals surface area contributed by atoms with E-state index in [1.807, 2.05) is 6.07 Å². The van der Waals surface area contributed by atoms with Crippen molar-refractivity contribution in [3.8, 4) is 0 Å². The Morgan fingerprint density at radius 2 is 1.61 bits per heavy atom. The zero-order chi connectivity index (χ0) is 19.5. The fourth-order valence-electron chi connectivity index (χ4n) is 3.50. The number of nitrogens with zero attached hydrogens (tertiary/aromatic N) is 4. The fourth-order valence-corrected chi connectivity index (χ4v) is 3.50. The van der Waals surface area contributed by atoms with Crippen LogP contribution in [0.5, 0.6) is 0 Å². The molecule has 0 saturated carbocycles. The molecule has 0 bridgehead atoms. The molecule has 2 aromatic carbocycles. The van der Waals surface area contributed by atoms with Gasteiger partial charge in [0.2, 0.25) is 5.95 Å². The SMILES string of the molecule is Cc1cccc(N2CCN(c3ccnc(Nc4ccc(F)cc4)n3)CC2)c1C. The number of aromatic nitrogens is 2. The Morgan fingerprint density at radius 1 is 0.893 bits per heavy atom. The summed E-state index contributed by atoms with van der Waals surface area (Å²) in [6.45, 7) is 8.06. The lowest BCUT2D eigenvalue weighted by molar-refractivity contribution is 0.628. The third-order valence-electron chi connectivity index (χ3n) is 5.26. The van der Waals surface area contributed by atoms with Crippen molar-refractivity contribution in [2.75, 3.05) is 41.3 Å². The normalized spacial score (nSPS) is 14.2. The summed E-state index contributed by atoms with van der Waals surface area (Å²) in [5.74, 6) is 1.16. The van der Waals surface area contributed by atoms with Gasteiger partial charge in [-0.05, 0) is 61.4 Å². The molecule has 6 heteroatoms. The average Bonchev–Trinajstić information content (AvgIpc) is 2.72. The zero-order valence-electron chi connectivity index (χ0n) is 16.2. The van der Waals surface area contributed by atoms with Gasteiger partial charge in [0.25, 0.3) is 0 Å². The minimum atomic E-state index is -0.262. The molecule has 1 saturated heterocycles. The molecule has 0 unspecified atom stereocenters. The van der Waals surface area contributed by atoms with Gasteiger partial charge in [0.1, 0.15) is 11.6 Å². The number of halogens is 1. The van der Waals surface area contributed by atoms with Crippen LogP contribution in [-0.2, 0) is 0 Å². The van der Waals surface area contributed by atoms with Crippen molar-refractivity contribution in [1.29, 1.82) is 0 Å². The van der Waals surface area contributed by atoms with Crippen LogP contribution < -0.4 is 15.1 Å². The molecule has 0 aliphatic carbocycles. The van der Waals surface area contributed by atoms with Gasteiger partial charge in [-0.2, -0.15) is 4.98 Å². The Hall–Kier alpha value is -3.15. The standard InChI is InChI=1S/C22H24FN5/c1-16-4-3-5-20(17(16)2)27-12-14-28(15-13-27)21-10-11-24-22(26-21)25-19-8-6-18(23)7-9-19/h3-11H,12-15H2,1-2H3,(H,24,25,26). The van der Waals surface area contributed by atoms with Gasteiger partial charge in [-0.25, -0.2) is 9.37 Å². The van der Waals surface area contributed by atoms with Crippen LogP contribution in [0, 0.1) is 19.7 Å². The predicted octanol–water partition coefficient (Wildman–Crippen LogP) is 4.30. The van der Waals surface area contributed by atoms with Gasteiger partial charge in [0.05, 0.1) is 0 Å². The number of rotatable bonds is 4. The van der Waals surface area contributed by atoms with Gasteiger partial charge < -0.3 is 15.1 Å². The van der Waals surface area contributed by atoms with E-state index in [1.54, 1.807) is 18.3 Å². The second-order valence-electron chi connectivity index (χ2n) is 7.06. The lowest BCUT2D eigenvalue weighted by Gasteiger charge is -2.37.